The minimum absolute atomic E-state index is 0.0940. The first-order valence-corrected chi connectivity index (χ1v) is 7.30. The Kier molecular flexibility index (Phi) is 4.60. The van der Waals surface area contributed by atoms with Crippen LogP contribution in [0.3, 0.4) is 0 Å². The lowest BCUT2D eigenvalue weighted by Gasteiger charge is -2.10. The van der Waals surface area contributed by atoms with E-state index in [1.165, 1.54) is 7.05 Å². The van der Waals surface area contributed by atoms with Crippen LogP contribution in [0.5, 0.6) is 0 Å². The van der Waals surface area contributed by atoms with Gasteiger partial charge >= 0.3 is 0 Å². The Balaban J connectivity index is 2.29. The molecular formula is C11H12F2N4O3S. The Morgan fingerprint density at radius 1 is 1.29 bits per heavy atom. The largest absolute Gasteiger partial charge is 0.343 e. The van der Waals surface area contributed by atoms with Crippen LogP contribution in [0.4, 0.5) is 8.78 Å². The summed E-state index contributed by atoms with van der Waals surface area (Å²) in [6.45, 7) is -0.400. The highest BCUT2D eigenvalue weighted by atomic mass is 32.2. The van der Waals surface area contributed by atoms with Gasteiger partial charge in [0.25, 0.3) is 0 Å². The molecule has 21 heavy (non-hydrogen) atoms. The first-order valence-electron chi connectivity index (χ1n) is 5.82. The molecule has 0 aliphatic rings. The highest BCUT2D eigenvalue weighted by Crippen LogP contribution is 2.21. The highest BCUT2D eigenvalue weighted by molar-refractivity contribution is 7.89. The molecule has 0 saturated heterocycles. The molecule has 7 nitrogen and oxygen atoms in total. The molecule has 1 aromatic carbocycles. The molecule has 0 aliphatic heterocycles. The number of aromatic nitrogens is 2. The van der Waals surface area contributed by atoms with Gasteiger partial charge in [0, 0.05) is 12.1 Å². The second-order valence-electron chi connectivity index (χ2n) is 4.04. The van der Waals surface area contributed by atoms with Gasteiger partial charge in [0.05, 0.1) is 6.54 Å². The summed E-state index contributed by atoms with van der Waals surface area (Å²) in [5.41, 5.74) is -0.347. The third-order valence-corrected chi connectivity index (χ3v) is 4.04. The van der Waals surface area contributed by atoms with Crippen LogP contribution in [0.2, 0.25) is 0 Å². The molecular weight excluding hydrogens is 306 g/mol. The molecule has 10 heteroatoms. The number of nitrogens with one attached hydrogen (secondary N) is 2. The van der Waals surface area contributed by atoms with Crippen LogP contribution < -0.4 is 10.0 Å². The molecule has 1 aromatic heterocycles. The highest BCUT2D eigenvalue weighted by Gasteiger charge is 2.23. The number of sulfonamides is 1. The number of halogens is 2. The molecule has 0 amide bonds. The van der Waals surface area contributed by atoms with Gasteiger partial charge in [0.15, 0.2) is 11.6 Å². The predicted molar refractivity (Wildman–Crippen MR) is 67.4 cm³/mol. The number of nitrogens with zero attached hydrogens (tertiary/aromatic N) is 2. The molecule has 0 fully saturated rings. The zero-order valence-electron chi connectivity index (χ0n) is 10.9. The van der Waals surface area contributed by atoms with E-state index >= 15 is 0 Å². The van der Waals surface area contributed by atoms with E-state index in [0.29, 0.717) is 0 Å². The molecule has 0 saturated carbocycles. The molecule has 2 N–H and O–H groups in total. The third kappa shape index (κ3) is 3.40. The number of hydrogen-bond donors (Lipinski definition) is 2. The summed E-state index contributed by atoms with van der Waals surface area (Å²) in [6, 6.07) is 1.76. The van der Waals surface area contributed by atoms with Gasteiger partial charge in [-0.3, -0.25) is 0 Å². The fourth-order valence-corrected chi connectivity index (χ4v) is 2.71. The Hall–Kier alpha value is -1.91. The first-order chi connectivity index (χ1) is 9.95. The molecule has 0 atom stereocenters. The van der Waals surface area contributed by atoms with Crippen molar-refractivity contribution in [2.75, 3.05) is 7.05 Å². The number of hydrogen-bond acceptors (Lipinski definition) is 6. The average molecular weight is 318 g/mol. The van der Waals surface area contributed by atoms with Crippen molar-refractivity contribution in [3.05, 3.63) is 41.5 Å². The van der Waals surface area contributed by atoms with Crippen LogP contribution in [-0.4, -0.2) is 25.6 Å². The van der Waals surface area contributed by atoms with Gasteiger partial charge in [-0.15, -0.1) is 0 Å². The van der Waals surface area contributed by atoms with Crippen LogP contribution in [0.1, 0.15) is 11.4 Å². The van der Waals surface area contributed by atoms with Crippen molar-refractivity contribution in [1.29, 1.82) is 0 Å². The Labute approximate surface area is 119 Å². The lowest BCUT2D eigenvalue weighted by atomic mass is 10.2. The predicted octanol–water partition coefficient (Wildman–Crippen LogP) is 0.546. The van der Waals surface area contributed by atoms with Crippen molar-refractivity contribution in [2.45, 2.75) is 18.0 Å². The maximum absolute atomic E-state index is 14.1. The topological polar surface area (TPSA) is 97.1 Å². The summed E-state index contributed by atoms with van der Waals surface area (Å²) in [6.07, 6.45) is 1.03. The second kappa shape index (κ2) is 6.24. The molecule has 0 unspecified atom stereocenters. The minimum Gasteiger partial charge on any atom is -0.343 e. The third-order valence-electron chi connectivity index (χ3n) is 2.62. The lowest BCUT2D eigenvalue weighted by molar-refractivity contribution is 0.409. The van der Waals surface area contributed by atoms with Crippen molar-refractivity contribution in [3.8, 4) is 0 Å². The zero-order chi connectivity index (χ0) is 15.5. The maximum Gasteiger partial charge on any atom is 0.243 e. The molecule has 0 aliphatic carbocycles. The van der Waals surface area contributed by atoms with Crippen LogP contribution in [0, 0.1) is 11.6 Å². The van der Waals surface area contributed by atoms with E-state index in [2.05, 4.69) is 24.7 Å². The van der Waals surface area contributed by atoms with Crippen molar-refractivity contribution in [1.82, 2.24) is 20.2 Å². The Morgan fingerprint density at radius 2 is 2.05 bits per heavy atom. The van der Waals surface area contributed by atoms with E-state index in [0.717, 1.165) is 18.5 Å². The van der Waals surface area contributed by atoms with Crippen LogP contribution in [0.15, 0.2) is 27.9 Å². The summed E-state index contributed by atoms with van der Waals surface area (Å²) in [5, 5.41) is 5.99. The van der Waals surface area contributed by atoms with Gasteiger partial charge in [-0.2, -0.15) is 4.98 Å². The van der Waals surface area contributed by atoms with E-state index in [4.69, 9.17) is 0 Å². The molecule has 114 valence electrons. The van der Waals surface area contributed by atoms with Crippen LogP contribution in [-0.2, 0) is 23.1 Å². The first kappa shape index (κ1) is 15.5. The van der Waals surface area contributed by atoms with Gasteiger partial charge in [0.1, 0.15) is 10.7 Å². The number of rotatable bonds is 6. The van der Waals surface area contributed by atoms with Crippen LogP contribution in [0.25, 0.3) is 0 Å². The summed E-state index contributed by atoms with van der Waals surface area (Å²) in [5.74, 6) is -1.86. The molecule has 0 radical (unpaired) electrons. The normalized spacial score (nSPS) is 11.8. The van der Waals surface area contributed by atoms with Gasteiger partial charge < -0.3 is 9.84 Å². The van der Waals surface area contributed by atoms with E-state index < -0.39 is 26.6 Å². The van der Waals surface area contributed by atoms with Gasteiger partial charge in [-0.25, -0.2) is 21.9 Å². The van der Waals surface area contributed by atoms with Crippen molar-refractivity contribution >= 4 is 10.0 Å². The average Bonchev–Trinajstić information content (AvgIpc) is 2.94. The maximum atomic E-state index is 14.1. The van der Waals surface area contributed by atoms with Crippen molar-refractivity contribution in [2.24, 2.45) is 0 Å². The van der Waals surface area contributed by atoms with Gasteiger partial charge in [0.2, 0.25) is 16.4 Å². The van der Waals surface area contributed by atoms with E-state index in [1.54, 1.807) is 0 Å². The Bertz CT molecular complexity index is 719. The van der Waals surface area contributed by atoms with Gasteiger partial charge in [-0.1, -0.05) is 5.16 Å². The lowest BCUT2D eigenvalue weighted by Crippen LogP contribution is -2.25. The fraction of sp³-hybridized carbons (Fsp3) is 0.273. The molecule has 0 bridgehead atoms. The van der Waals surface area contributed by atoms with E-state index in [1.807, 2.05) is 0 Å². The second-order valence-corrected chi connectivity index (χ2v) is 5.78. The standard InChI is InChI=1S/C11H12F2N4O3S/c1-14-4-7-8(12)2-3-9(11(7)13)21(18,19)16-5-10-15-6-20-17-10/h2-3,6,14,16H,4-5H2,1H3. The fourth-order valence-electron chi connectivity index (χ4n) is 1.63. The summed E-state index contributed by atoms with van der Waals surface area (Å²) < 4.78 is 58.3. The molecule has 0 spiro atoms. The van der Waals surface area contributed by atoms with Crippen LogP contribution >= 0.6 is 0 Å². The zero-order valence-corrected chi connectivity index (χ0v) is 11.7. The molecule has 1 heterocycles. The van der Waals surface area contributed by atoms with Crippen molar-refractivity contribution in [3.63, 3.8) is 0 Å². The quantitative estimate of drug-likeness (QED) is 0.807. The summed E-state index contributed by atoms with van der Waals surface area (Å²) in [4.78, 5) is 2.99. The molecule has 2 rings (SSSR count). The van der Waals surface area contributed by atoms with E-state index in [9.17, 15) is 17.2 Å². The minimum atomic E-state index is -4.17. The SMILES string of the molecule is CNCc1c(F)ccc(S(=O)(=O)NCc2ncon2)c1F. The molecule has 2 aromatic rings. The summed E-state index contributed by atoms with van der Waals surface area (Å²) >= 11 is 0. The summed E-state index contributed by atoms with van der Waals surface area (Å²) in [7, 11) is -2.67. The van der Waals surface area contributed by atoms with Crippen molar-refractivity contribution < 1.29 is 21.7 Å². The van der Waals surface area contributed by atoms with Gasteiger partial charge in [-0.05, 0) is 19.2 Å². The Morgan fingerprint density at radius 3 is 2.67 bits per heavy atom. The van der Waals surface area contributed by atoms with E-state index in [-0.39, 0.29) is 24.5 Å². The monoisotopic (exact) mass is 318 g/mol. The smallest absolute Gasteiger partial charge is 0.243 e. The number of benzene rings is 1.